The molecular formula is C8H10N2O3. The molecule has 0 bridgehead atoms. The van der Waals surface area contributed by atoms with Crippen LogP contribution in [0.2, 0.25) is 0 Å². The van der Waals surface area contributed by atoms with Crippen molar-refractivity contribution in [2.24, 2.45) is 7.05 Å². The Kier molecular flexibility index (Phi) is 2.79. The molecule has 0 aromatic carbocycles. The van der Waals surface area contributed by atoms with Gasteiger partial charge in [0.05, 0.1) is 0 Å². The van der Waals surface area contributed by atoms with E-state index in [9.17, 15) is 9.59 Å². The third-order valence-corrected chi connectivity index (χ3v) is 1.69. The van der Waals surface area contributed by atoms with Gasteiger partial charge in [-0.3, -0.25) is 9.59 Å². The first-order valence-corrected chi connectivity index (χ1v) is 3.84. The number of carbonyl (C=O) groups is 1. The van der Waals surface area contributed by atoms with Crippen molar-refractivity contribution in [2.45, 2.75) is 12.8 Å². The summed E-state index contributed by atoms with van der Waals surface area (Å²) >= 11 is 0. The number of aliphatic carboxylic acids is 1. The number of hydrogen-bond donors (Lipinski definition) is 1. The number of carboxylic acids is 1. The Hall–Kier alpha value is -1.65. The quantitative estimate of drug-likeness (QED) is 0.702. The van der Waals surface area contributed by atoms with Crippen LogP contribution in [0.15, 0.2) is 17.1 Å². The first kappa shape index (κ1) is 9.44. The molecule has 1 heterocycles. The molecule has 0 atom stereocenters. The molecule has 1 N–H and O–H groups in total. The summed E-state index contributed by atoms with van der Waals surface area (Å²) in [4.78, 5) is 21.5. The van der Waals surface area contributed by atoms with Gasteiger partial charge in [-0.05, 0) is 12.5 Å². The molecule has 1 aromatic heterocycles. The Bertz CT molecular complexity index is 370. The van der Waals surface area contributed by atoms with Gasteiger partial charge in [-0.2, -0.15) is 5.10 Å². The maximum atomic E-state index is 11.3. The first-order valence-electron chi connectivity index (χ1n) is 3.84. The van der Waals surface area contributed by atoms with Gasteiger partial charge in [0.1, 0.15) is 0 Å². The van der Waals surface area contributed by atoms with Gasteiger partial charge >= 0.3 is 5.97 Å². The smallest absolute Gasteiger partial charge is 0.303 e. The van der Waals surface area contributed by atoms with Crippen molar-refractivity contribution in [3.63, 3.8) is 0 Å². The highest BCUT2D eigenvalue weighted by molar-refractivity contribution is 5.67. The fourth-order valence-corrected chi connectivity index (χ4v) is 0.987. The Morgan fingerprint density at radius 1 is 1.69 bits per heavy atom. The summed E-state index contributed by atoms with van der Waals surface area (Å²) in [6.45, 7) is 0. The van der Waals surface area contributed by atoms with Gasteiger partial charge in [-0.1, -0.05) is 0 Å². The second-order valence-corrected chi connectivity index (χ2v) is 2.68. The number of carboxylic acid groups (broad SMARTS) is 1. The van der Waals surface area contributed by atoms with Crippen molar-refractivity contribution in [3.8, 4) is 0 Å². The summed E-state index contributed by atoms with van der Waals surface area (Å²) < 4.78 is 1.19. The zero-order chi connectivity index (χ0) is 9.84. The van der Waals surface area contributed by atoms with Gasteiger partial charge in [-0.15, -0.1) is 0 Å². The average molecular weight is 182 g/mol. The number of aromatic nitrogens is 2. The lowest BCUT2D eigenvalue weighted by atomic mass is 10.2. The Balaban J connectivity index is 2.84. The van der Waals surface area contributed by atoms with Gasteiger partial charge in [-0.25, -0.2) is 4.68 Å². The van der Waals surface area contributed by atoms with Gasteiger partial charge in [0, 0.05) is 25.2 Å². The largest absolute Gasteiger partial charge is 0.481 e. The van der Waals surface area contributed by atoms with E-state index in [1.54, 1.807) is 6.07 Å². The fourth-order valence-electron chi connectivity index (χ4n) is 0.987. The summed E-state index contributed by atoms with van der Waals surface area (Å²) in [6, 6.07) is 1.55. The molecule has 0 amide bonds. The highest BCUT2D eigenvalue weighted by Crippen LogP contribution is 1.94. The molecule has 1 rings (SSSR count). The zero-order valence-electron chi connectivity index (χ0n) is 7.23. The molecule has 0 fully saturated rings. The monoisotopic (exact) mass is 182 g/mol. The third kappa shape index (κ3) is 2.40. The van der Waals surface area contributed by atoms with Crippen molar-refractivity contribution in [3.05, 3.63) is 28.2 Å². The fraction of sp³-hybridized carbons (Fsp3) is 0.375. The van der Waals surface area contributed by atoms with Crippen LogP contribution in [-0.4, -0.2) is 20.9 Å². The molecule has 70 valence electrons. The maximum Gasteiger partial charge on any atom is 0.303 e. The van der Waals surface area contributed by atoms with Crippen molar-refractivity contribution in [1.82, 2.24) is 9.78 Å². The highest BCUT2D eigenvalue weighted by atomic mass is 16.4. The van der Waals surface area contributed by atoms with Gasteiger partial charge in [0.15, 0.2) is 0 Å². The Morgan fingerprint density at radius 2 is 2.38 bits per heavy atom. The van der Waals surface area contributed by atoms with E-state index in [1.807, 2.05) is 0 Å². The number of aryl methyl sites for hydroxylation is 2. The van der Waals surface area contributed by atoms with E-state index in [4.69, 9.17) is 5.11 Å². The van der Waals surface area contributed by atoms with Crippen molar-refractivity contribution >= 4 is 5.97 Å². The van der Waals surface area contributed by atoms with Crippen LogP contribution in [0.4, 0.5) is 0 Å². The summed E-state index contributed by atoms with van der Waals surface area (Å²) in [5.74, 6) is -0.904. The van der Waals surface area contributed by atoms with Gasteiger partial charge < -0.3 is 5.11 Å². The minimum Gasteiger partial charge on any atom is -0.481 e. The van der Waals surface area contributed by atoms with Crippen LogP contribution in [0.25, 0.3) is 0 Å². The van der Waals surface area contributed by atoms with E-state index in [0.717, 1.165) is 0 Å². The van der Waals surface area contributed by atoms with E-state index in [1.165, 1.54) is 17.9 Å². The van der Waals surface area contributed by atoms with Crippen LogP contribution >= 0.6 is 0 Å². The van der Waals surface area contributed by atoms with Crippen molar-refractivity contribution < 1.29 is 9.90 Å². The molecule has 0 aliphatic heterocycles. The molecule has 0 radical (unpaired) electrons. The average Bonchev–Trinajstić information content (AvgIpc) is 2.07. The predicted molar refractivity (Wildman–Crippen MR) is 45.4 cm³/mol. The minimum absolute atomic E-state index is 0.0285. The first-order chi connectivity index (χ1) is 6.11. The van der Waals surface area contributed by atoms with E-state index >= 15 is 0 Å². The molecule has 0 spiro atoms. The molecule has 5 nitrogen and oxygen atoms in total. The van der Waals surface area contributed by atoms with Crippen LogP contribution in [0.5, 0.6) is 0 Å². The molecule has 5 heteroatoms. The standard InChI is InChI=1S/C8H10N2O3/c1-10-8(13)6(4-5-9-10)2-3-7(11)12/h4-5H,2-3H2,1H3,(H,11,12). The maximum absolute atomic E-state index is 11.3. The number of hydrogen-bond acceptors (Lipinski definition) is 3. The normalized spacial score (nSPS) is 9.92. The molecule has 0 unspecified atom stereocenters. The van der Waals surface area contributed by atoms with E-state index in [-0.39, 0.29) is 18.4 Å². The molecule has 0 aliphatic carbocycles. The zero-order valence-corrected chi connectivity index (χ0v) is 7.23. The SMILES string of the molecule is Cn1nccc(CCC(=O)O)c1=O. The second kappa shape index (κ2) is 3.84. The van der Waals surface area contributed by atoms with Crippen LogP contribution in [0.1, 0.15) is 12.0 Å². The van der Waals surface area contributed by atoms with Crippen LogP contribution in [0.3, 0.4) is 0 Å². The summed E-state index contributed by atoms with van der Waals surface area (Å²) in [5, 5.41) is 12.1. The molecule has 1 aromatic rings. The van der Waals surface area contributed by atoms with Crippen molar-refractivity contribution in [2.75, 3.05) is 0 Å². The molecule has 0 saturated heterocycles. The summed E-state index contributed by atoms with van der Waals surface area (Å²) in [7, 11) is 1.53. The van der Waals surface area contributed by atoms with Gasteiger partial charge in [0.2, 0.25) is 0 Å². The lowest BCUT2D eigenvalue weighted by molar-refractivity contribution is -0.136. The Morgan fingerprint density at radius 3 is 3.00 bits per heavy atom. The van der Waals surface area contributed by atoms with Crippen molar-refractivity contribution in [1.29, 1.82) is 0 Å². The predicted octanol–water partition coefficient (Wildman–Crippen LogP) is -0.202. The molecule has 0 aliphatic rings. The topological polar surface area (TPSA) is 72.2 Å². The molecule has 13 heavy (non-hydrogen) atoms. The lowest BCUT2D eigenvalue weighted by Gasteiger charge is -1.99. The number of nitrogens with zero attached hydrogens (tertiary/aromatic N) is 2. The summed E-state index contributed by atoms with van der Waals surface area (Å²) in [5.41, 5.74) is 0.253. The lowest BCUT2D eigenvalue weighted by Crippen LogP contribution is -2.23. The van der Waals surface area contributed by atoms with Crippen LogP contribution in [0, 0.1) is 0 Å². The highest BCUT2D eigenvalue weighted by Gasteiger charge is 2.03. The van der Waals surface area contributed by atoms with Crippen LogP contribution in [-0.2, 0) is 18.3 Å². The van der Waals surface area contributed by atoms with E-state index < -0.39 is 5.97 Å². The van der Waals surface area contributed by atoms with E-state index in [2.05, 4.69) is 5.10 Å². The second-order valence-electron chi connectivity index (χ2n) is 2.68. The third-order valence-electron chi connectivity index (χ3n) is 1.69. The van der Waals surface area contributed by atoms with E-state index in [0.29, 0.717) is 5.56 Å². The summed E-state index contributed by atoms with van der Waals surface area (Å²) in [6.07, 6.45) is 1.71. The minimum atomic E-state index is -0.904. The van der Waals surface area contributed by atoms with Gasteiger partial charge in [0.25, 0.3) is 5.56 Å². The Labute approximate surface area is 74.6 Å². The number of rotatable bonds is 3. The molecule has 0 saturated carbocycles. The molecular weight excluding hydrogens is 172 g/mol. The van der Waals surface area contributed by atoms with Crippen LogP contribution < -0.4 is 5.56 Å².